The Morgan fingerprint density at radius 3 is 2.69 bits per heavy atom. The van der Waals surface area contributed by atoms with Crippen LogP contribution in [-0.2, 0) is 0 Å². The second-order valence-electron chi connectivity index (χ2n) is 3.75. The average Bonchev–Trinajstić information content (AvgIpc) is 2.75. The second kappa shape index (κ2) is 5.23. The number of rotatable bonds is 1. The van der Waals surface area contributed by atoms with Crippen molar-refractivity contribution < 1.29 is 4.79 Å². The number of benzene rings is 1. The highest BCUT2D eigenvalue weighted by Crippen LogP contribution is 2.23. The molecular formula is C11H12ClIN2O. The minimum absolute atomic E-state index is 0.0160. The van der Waals surface area contributed by atoms with Gasteiger partial charge < -0.3 is 10.2 Å². The van der Waals surface area contributed by atoms with Gasteiger partial charge in [0, 0.05) is 21.7 Å². The third-order valence-electron chi connectivity index (χ3n) is 2.57. The molecule has 1 heterocycles. The van der Waals surface area contributed by atoms with E-state index in [2.05, 4.69) is 27.9 Å². The molecule has 1 aliphatic rings. The van der Waals surface area contributed by atoms with Crippen molar-refractivity contribution in [2.75, 3.05) is 18.4 Å². The third kappa shape index (κ3) is 2.79. The fraction of sp³-hybridized carbons (Fsp3) is 0.364. The van der Waals surface area contributed by atoms with Crippen LogP contribution in [0.3, 0.4) is 0 Å². The van der Waals surface area contributed by atoms with Crippen molar-refractivity contribution in [2.24, 2.45) is 0 Å². The van der Waals surface area contributed by atoms with Crippen LogP contribution < -0.4 is 5.32 Å². The highest BCUT2D eigenvalue weighted by molar-refractivity contribution is 14.1. The molecule has 0 spiro atoms. The number of hydrogen-bond donors (Lipinski definition) is 1. The number of carbonyl (C=O) groups is 1. The number of halogens is 2. The van der Waals surface area contributed by atoms with E-state index in [0.717, 1.165) is 35.2 Å². The Hall–Kier alpha value is -0.490. The SMILES string of the molecule is O=C(Nc1ccc(Cl)cc1I)N1CCCC1. The lowest BCUT2D eigenvalue weighted by molar-refractivity contribution is 0.222. The first-order valence-electron chi connectivity index (χ1n) is 5.18. The summed E-state index contributed by atoms with van der Waals surface area (Å²) < 4.78 is 0.956. The molecule has 1 aromatic rings. The molecule has 2 rings (SSSR count). The number of urea groups is 1. The molecule has 0 aliphatic carbocycles. The summed E-state index contributed by atoms with van der Waals surface area (Å²) in [7, 11) is 0. The first-order chi connectivity index (χ1) is 7.66. The molecule has 0 saturated carbocycles. The predicted molar refractivity (Wildman–Crippen MR) is 74.0 cm³/mol. The van der Waals surface area contributed by atoms with Gasteiger partial charge in [0.2, 0.25) is 0 Å². The molecule has 1 N–H and O–H groups in total. The summed E-state index contributed by atoms with van der Waals surface area (Å²) in [5.41, 5.74) is 0.821. The molecule has 1 aromatic carbocycles. The Morgan fingerprint density at radius 2 is 2.06 bits per heavy atom. The summed E-state index contributed by atoms with van der Waals surface area (Å²) in [5, 5.41) is 3.58. The van der Waals surface area contributed by atoms with E-state index in [1.807, 2.05) is 17.0 Å². The molecule has 0 atom stereocenters. The maximum atomic E-state index is 11.8. The summed E-state index contributed by atoms with van der Waals surface area (Å²) in [6, 6.07) is 5.43. The summed E-state index contributed by atoms with van der Waals surface area (Å²) in [6.45, 7) is 1.71. The first kappa shape index (κ1) is 12.0. The van der Waals surface area contributed by atoms with Crippen LogP contribution in [0.25, 0.3) is 0 Å². The number of anilines is 1. The average molecular weight is 351 g/mol. The van der Waals surface area contributed by atoms with Crippen LogP contribution in [0, 0.1) is 3.57 Å². The van der Waals surface area contributed by atoms with E-state index >= 15 is 0 Å². The number of amides is 2. The number of carbonyl (C=O) groups excluding carboxylic acids is 1. The van der Waals surface area contributed by atoms with Crippen molar-refractivity contribution in [2.45, 2.75) is 12.8 Å². The van der Waals surface area contributed by atoms with Gasteiger partial charge in [-0.05, 0) is 53.6 Å². The number of nitrogens with zero attached hydrogens (tertiary/aromatic N) is 1. The zero-order chi connectivity index (χ0) is 11.5. The predicted octanol–water partition coefficient (Wildman–Crippen LogP) is 3.57. The van der Waals surface area contributed by atoms with Crippen LogP contribution in [0.2, 0.25) is 5.02 Å². The van der Waals surface area contributed by atoms with E-state index < -0.39 is 0 Å². The van der Waals surface area contributed by atoms with Gasteiger partial charge in [0.1, 0.15) is 0 Å². The van der Waals surface area contributed by atoms with Crippen molar-refractivity contribution in [3.63, 3.8) is 0 Å². The Bertz CT molecular complexity index is 405. The lowest BCUT2D eigenvalue weighted by atomic mass is 10.3. The van der Waals surface area contributed by atoms with Gasteiger partial charge in [-0.15, -0.1) is 0 Å². The molecule has 3 nitrogen and oxygen atoms in total. The normalized spacial score (nSPS) is 15.2. The van der Waals surface area contributed by atoms with E-state index in [4.69, 9.17) is 11.6 Å². The number of hydrogen-bond acceptors (Lipinski definition) is 1. The molecule has 1 saturated heterocycles. The van der Waals surface area contributed by atoms with E-state index in [9.17, 15) is 4.79 Å². The lowest BCUT2D eigenvalue weighted by Gasteiger charge is -2.16. The largest absolute Gasteiger partial charge is 0.325 e. The molecule has 0 aromatic heterocycles. The molecule has 1 fully saturated rings. The van der Waals surface area contributed by atoms with Crippen molar-refractivity contribution >= 4 is 45.9 Å². The minimum Gasteiger partial charge on any atom is -0.325 e. The highest BCUT2D eigenvalue weighted by atomic mass is 127. The monoisotopic (exact) mass is 350 g/mol. The number of likely N-dealkylation sites (tertiary alicyclic amines) is 1. The van der Waals surface area contributed by atoms with Gasteiger partial charge in [-0.1, -0.05) is 11.6 Å². The van der Waals surface area contributed by atoms with Gasteiger partial charge in [0.05, 0.1) is 5.69 Å². The molecule has 86 valence electrons. The van der Waals surface area contributed by atoms with Crippen LogP contribution in [0.15, 0.2) is 18.2 Å². The Kier molecular flexibility index (Phi) is 3.91. The summed E-state index contributed by atoms with van der Waals surface area (Å²) >= 11 is 8.02. The Morgan fingerprint density at radius 1 is 1.38 bits per heavy atom. The Balaban J connectivity index is 2.05. The topological polar surface area (TPSA) is 32.3 Å². The quantitative estimate of drug-likeness (QED) is 0.772. The van der Waals surface area contributed by atoms with Gasteiger partial charge in [0.15, 0.2) is 0 Å². The summed E-state index contributed by atoms with van der Waals surface area (Å²) in [6.07, 6.45) is 2.20. The Labute approximate surface area is 113 Å². The van der Waals surface area contributed by atoms with E-state index in [1.165, 1.54) is 0 Å². The molecule has 2 amide bonds. The lowest BCUT2D eigenvalue weighted by Crippen LogP contribution is -2.32. The fourth-order valence-electron chi connectivity index (χ4n) is 1.71. The molecular weight excluding hydrogens is 338 g/mol. The molecule has 0 radical (unpaired) electrons. The molecule has 5 heteroatoms. The van der Waals surface area contributed by atoms with Crippen LogP contribution in [0.5, 0.6) is 0 Å². The van der Waals surface area contributed by atoms with Crippen molar-refractivity contribution in [1.29, 1.82) is 0 Å². The van der Waals surface area contributed by atoms with E-state index in [-0.39, 0.29) is 6.03 Å². The highest BCUT2D eigenvalue weighted by Gasteiger charge is 2.18. The standard InChI is InChI=1S/C11H12ClIN2O/c12-8-3-4-10(9(13)7-8)14-11(16)15-5-1-2-6-15/h3-4,7H,1-2,5-6H2,(H,14,16). The maximum Gasteiger partial charge on any atom is 0.321 e. The van der Waals surface area contributed by atoms with Crippen LogP contribution in [0.1, 0.15) is 12.8 Å². The van der Waals surface area contributed by atoms with Crippen molar-refractivity contribution in [1.82, 2.24) is 4.90 Å². The smallest absolute Gasteiger partial charge is 0.321 e. The van der Waals surface area contributed by atoms with E-state index in [1.54, 1.807) is 6.07 Å². The first-order valence-corrected chi connectivity index (χ1v) is 6.63. The molecule has 0 bridgehead atoms. The zero-order valence-electron chi connectivity index (χ0n) is 8.67. The summed E-state index contributed by atoms with van der Waals surface area (Å²) in [5.74, 6) is 0. The van der Waals surface area contributed by atoms with Gasteiger partial charge in [-0.3, -0.25) is 0 Å². The summed E-state index contributed by atoms with van der Waals surface area (Å²) in [4.78, 5) is 13.7. The van der Waals surface area contributed by atoms with Gasteiger partial charge in [-0.2, -0.15) is 0 Å². The van der Waals surface area contributed by atoms with E-state index in [0.29, 0.717) is 5.02 Å². The second-order valence-corrected chi connectivity index (χ2v) is 5.35. The van der Waals surface area contributed by atoms with Gasteiger partial charge in [0.25, 0.3) is 0 Å². The maximum absolute atomic E-state index is 11.8. The minimum atomic E-state index is -0.0160. The zero-order valence-corrected chi connectivity index (χ0v) is 11.6. The van der Waals surface area contributed by atoms with Crippen molar-refractivity contribution in [3.05, 3.63) is 26.8 Å². The fourth-order valence-corrected chi connectivity index (χ4v) is 2.71. The van der Waals surface area contributed by atoms with Crippen molar-refractivity contribution in [3.8, 4) is 0 Å². The number of nitrogens with one attached hydrogen (secondary N) is 1. The van der Waals surface area contributed by atoms with Crippen LogP contribution in [0.4, 0.5) is 10.5 Å². The molecule has 1 aliphatic heterocycles. The van der Waals surface area contributed by atoms with Gasteiger partial charge in [-0.25, -0.2) is 4.79 Å². The van der Waals surface area contributed by atoms with Gasteiger partial charge >= 0.3 is 6.03 Å². The molecule has 0 unspecified atom stereocenters. The third-order valence-corrected chi connectivity index (χ3v) is 3.69. The van der Waals surface area contributed by atoms with Crippen LogP contribution in [-0.4, -0.2) is 24.0 Å². The van der Waals surface area contributed by atoms with Crippen LogP contribution >= 0.6 is 34.2 Å². The molecule has 16 heavy (non-hydrogen) atoms.